The van der Waals surface area contributed by atoms with Gasteiger partial charge in [0.05, 0.1) is 0 Å². The molecule has 0 aromatic carbocycles. The highest BCUT2D eigenvalue weighted by Gasteiger charge is 2.03. The Kier molecular flexibility index (Phi) is 46.5. The molecule has 0 unspecified atom stereocenters. The van der Waals surface area contributed by atoms with Crippen LogP contribution in [-0.4, -0.2) is 57.3 Å². The summed E-state index contributed by atoms with van der Waals surface area (Å²) in [4.78, 5) is 2.54. The molecule has 0 fully saturated rings. The fraction of sp³-hybridized carbons (Fsp3) is 1.00. The number of rotatable bonds is 13. The molecule has 4 N–H and O–H groups in total. The highest BCUT2D eigenvalue weighted by atomic mass is 35.5. The molecule has 4 nitrogen and oxygen atoms in total. The van der Waals surface area contributed by atoms with Crippen molar-refractivity contribution >= 4 is 49.6 Å². The lowest BCUT2D eigenvalue weighted by atomic mass is 10.3. The molecular formula is C13H36Cl4N4. The van der Waals surface area contributed by atoms with Crippen molar-refractivity contribution in [3.8, 4) is 0 Å². The monoisotopic (exact) mass is 388 g/mol. The minimum atomic E-state index is 0. The summed E-state index contributed by atoms with van der Waals surface area (Å²) in [5, 5.41) is 6.74. The highest BCUT2D eigenvalue weighted by Crippen LogP contribution is 1.95. The van der Waals surface area contributed by atoms with E-state index in [0.29, 0.717) is 0 Å². The summed E-state index contributed by atoms with van der Waals surface area (Å²) in [6.45, 7) is 13.0. The van der Waals surface area contributed by atoms with Crippen molar-refractivity contribution in [1.29, 1.82) is 0 Å². The summed E-state index contributed by atoms with van der Waals surface area (Å²) in [5.41, 5.74) is 5.58. The van der Waals surface area contributed by atoms with E-state index in [2.05, 4.69) is 29.4 Å². The van der Waals surface area contributed by atoms with E-state index < -0.39 is 0 Å². The fourth-order valence-corrected chi connectivity index (χ4v) is 1.86. The second-order valence-corrected chi connectivity index (χ2v) is 4.40. The largest absolute Gasteiger partial charge is 0.330 e. The van der Waals surface area contributed by atoms with Crippen molar-refractivity contribution in [2.45, 2.75) is 33.1 Å². The molecular weight excluding hydrogens is 354 g/mol. The van der Waals surface area contributed by atoms with Crippen LogP contribution in [-0.2, 0) is 0 Å². The molecule has 0 radical (unpaired) electrons. The minimum Gasteiger partial charge on any atom is -0.330 e. The Balaban J connectivity index is -0.000000213. The van der Waals surface area contributed by atoms with Crippen LogP contribution >= 0.6 is 49.6 Å². The Labute approximate surface area is 156 Å². The third-order valence-corrected chi connectivity index (χ3v) is 2.83. The van der Waals surface area contributed by atoms with Gasteiger partial charge in [-0.3, -0.25) is 0 Å². The molecule has 8 heteroatoms. The van der Waals surface area contributed by atoms with Crippen LogP contribution in [0.1, 0.15) is 33.1 Å². The summed E-state index contributed by atoms with van der Waals surface area (Å²) in [5.74, 6) is 0. The number of nitrogens with one attached hydrogen (secondary N) is 2. The maximum Gasteiger partial charge on any atom is -0.000662 e. The lowest BCUT2D eigenvalue weighted by Crippen LogP contribution is -2.32. The van der Waals surface area contributed by atoms with E-state index in [0.717, 1.165) is 45.7 Å². The molecule has 0 rings (SSSR count). The van der Waals surface area contributed by atoms with Gasteiger partial charge in [0.2, 0.25) is 0 Å². The number of nitrogens with two attached hydrogens (primary N) is 1. The Morgan fingerprint density at radius 2 is 1.10 bits per heavy atom. The van der Waals surface area contributed by atoms with Gasteiger partial charge in [-0.2, -0.15) is 0 Å². The summed E-state index contributed by atoms with van der Waals surface area (Å²) in [6, 6.07) is 0. The van der Waals surface area contributed by atoms with E-state index in [1.54, 1.807) is 0 Å². The van der Waals surface area contributed by atoms with Gasteiger partial charge in [-0.05, 0) is 71.6 Å². The molecule has 0 bridgehead atoms. The average molecular weight is 390 g/mol. The molecule has 0 atom stereocenters. The number of hydrogen-bond acceptors (Lipinski definition) is 4. The predicted molar refractivity (Wildman–Crippen MR) is 105 cm³/mol. The van der Waals surface area contributed by atoms with Crippen molar-refractivity contribution in [2.24, 2.45) is 5.73 Å². The Hall–Kier alpha value is 1.00. The van der Waals surface area contributed by atoms with Crippen LogP contribution in [0.25, 0.3) is 0 Å². The lowest BCUT2D eigenvalue weighted by Gasteiger charge is -2.22. The van der Waals surface area contributed by atoms with E-state index in [4.69, 9.17) is 5.73 Å². The van der Waals surface area contributed by atoms with Crippen molar-refractivity contribution in [3.63, 3.8) is 0 Å². The van der Waals surface area contributed by atoms with Gasteiger partial charge in [0.1, 0.15) is 0 Å². The van der Waals surface area contributed by atoms with Gasteiger partial charge in [0, 0.05) is 0 Å². The normalized spacial score (nSPS) is 9.14. The SMILES string of the molecule is CCNCCCN(CCCN)CCCNCC.Cl.Cl.Cl.Cl. The molecule has 0 aromatic rings. The van der Waals surface area contributed by atoms with Gasteiger partial charge in [-0.15, -0.1) is 49.6 Å². The number of nitrogens with zero attached hydrogens (tertiary/aromatic N) is 1. The average Bonchev–Trinajstić information content (AvgIpc) is 2.35. The van der Waals surface area contributed by atoms with Crippen molar-refractivity contribution < 1.29 is 0 Å². The van der Waals surface area contributed by atoms with Crippen LogP contribution in [0.15, 0.2) is 0 Å². The molecule has 0 spiro atoms. The van der Waals surface area contributed by atoms with E-state index >= 15 is 0 Å². The predicted octanol–water partition coefficient (Wildman–Crippen LogP) is 2.32. The maximum absolute atomic E-state index is 5.58. The molecule has 0 aromatic heterocycles. The summed E-state index contributed by atoms with van der Waals surface area (Å²) < 4.78 is 0. The lowest BCUT2D eigenvalue weighted by molar-refractivity contribution is 0.263. The van der Waals surface area contributed by atoms with Crippen LogP contribution in [0.4, 0.5) is 0 Å². The van der Waals surface area contributed by atoms with Gasteiger partial charge < -0.3 is 21.3 Å². The quantitative estimate of drug-likeness (QED) is 0.423. The van der Waals surface area contributed by atoms with E-state index in [-0.39, 0.29) is 49.6 Å². The first kappa shape index (κ1) is 33.6. The second-order valence-electron chi connectivity index (χ2n) is 4.40. The fourth-order valence-electron chi connectivity index (χ4n) is 1.86. The Morgan fingerprint density at radius 1 is 0.714 bits per heavy atom. The molecule has 0 aliphatic heterocycles. The molecule has 136 valence electrons. The van der Waals surface area contributed by atoms with Crippen LogP contribution < -0.4 is 16.4 Å². The Morgan fingerprint density at radius 3 is 1.43 bits per heavy atom. The van der Waals surface area contributed by atoms with E-state index in [1.165, 1.54) is 25.9 Å². The minimum absolute atomic E-state index is 0. The molecule has 0 aliphatic rings. The summed E-state index contributed by atoms with van der Waals surface area (Å²) in [6.07, 6.45) is 3.58. The molecule has 21 heavy (non-hydrogen) atoms. The van der Waals surface area contributed by atoms with E-state index in [9.17, 15) is 0 Å². The second kappa shape index (κ2) is 29.1. The van der Waals surface area contributed by atoms with Gasteiger partial charge in [-0.1, -0.05) is 13.8 Å². The first-order valence-electron chi connectivity index (χ1n) is 7.19. The summed E-state index contributed by atoms with van der Waals surface area (Å²) >= 11 is 0. The highest BCUT2D eigenvalue weighted by molar-refractivity contribution is 5.86. The smallest absolute Gasteiger partial charge is 0.000662 e. The van der Waals surface area contributed by atoms with Crippen molar-refractivity contribution in [1.82, 2.24) is 15.5 Å². The first-order chi connectivity index (χ1) is 8.35. The van der Waals surface area contributed by atoms with Crippen molar-refractivity contribution in [3.05, 3.63) is 0 Å². The molecule has 0 aliphatic carbocycles. The van der Waals surface area contributed by atoms with Gasteiger partial charge in [-0.25, -0.2) is 0 Å². The zero-order valence-corrected chi connectivity index (χ0v) is 16.7. The van der Waals surface area contributed by atoms with Crippen LogP contribution in [0.3, 0.4) is 0 Å². The zero-order valence-electron chi connectivity index (χ0n) is 13.4. The molecule has 0 heterocycles. The molecule has 0 saturated heterocycles. The maximum atomic E-state index is 5.58. The topological polar surface area (TPSA) is 53.3 Å². The van der Waals surface area contributed by atoms with Gasteiger partial charge in [0.15, 0.2) is 0 Å². The number of hydrogen-bond donors (Lipinski definition) is 3. The van der Waals surface area contributed by atoms with Gasteiger partial charge in [0.25, 0.3) is 0 Å². The molecule has 0 saturated carbocycles. The van der Waals surface area contributed by atoms with Crippen molar-refractivity contribution in [2.75, 3.05) is 52.4 Å². The van der Waals surface area contributed by atoms with Crippen LogP contribution in [0.5, 0.6) is 0 Å². The standard InChI is InChI=1S/C13H32N4.4ClH/c1-3-15-9-6-12-17(11-5-8-14)13-7-10-16-4-2;;;;/h15-16H,3-14H2,1-2H3;4*1H. The summed E-state index contributed by atoms with van der Waals surface area (Å²) in [7, 11) is 0. The zero-order chi connectivity index (χ0) is 12.8. The molecule has 0 amide bonds. The van der Waals surface area contributed by atoms with Crippen LogP contribution in [0, 0.1) is 0 Å². The number of halogens is 4. The third-order valence-electron chi connectivity index (χ3n) is 2.83. The van der Waals surface area contributed by atoms with Crippen LogP contribution in [0.2, 0.25) is 0 Å². The first-order valence-corrected chi connectivity index (χ1v) is 7.19. The van der Waals surface area contributed by atoms with Gasteiger partial charge >= 0.3 is 0 Å². The van der Waals surface area contributed by atoms with E-state index in [1.807, 2.05) is 0 Å². The Bertz CT molecular complexity index is 144. The third kappa shape index (κ3) is 26.2.